The van der Waals surface area contributed by atoms with Crippen LogP contribution in [0.15, 0.2) is 48.5 Å². The Labute approximate surface area is 127 Å². The Balaban J connectivity index is 2.38. The lowest BCUT2D eigenvalue weighted by molar-refractivity contribution is 0.0699. The molecule has 1 heterocycles. The Morgan fingerprint density at radius 1 is 1.18 bits per heavy atom. The van der Waals surface area contributed by atoms with Crippen LogP contribution in [0.25, 0.3) is 22.2 Å². The number of aromatic nitrogens is 1. The lowest BCUT2D eigenvalue weighted by Gasteiger charge is -2.11. The normalized spacial score (nSPS) is 11.0. The van der Waals surface area contributed by atoms with Crippen molar-refractivity contribution in [3.63, 3.8) is 0 Å². The molecule has 0 radical (unpaired) electrons. The standard InChI is InChI=1S/C17H17N3O2/c1-20-14-9-5-4-8-13(14)15(17(21)22)16(20)12-7-3-2-6-11(12)10-19-18/h2-9,19H,10,18H2,1H3,(H,21,22). The minimum Gasteiger partial charge on any atom is -0.478 e. The highest BCUT2D eigenvalue weighted by atomic mass is 16.4. The molecule has 1 aromatic heterocycles. The Bertz CT molecular complexity index is 852. The number of carbonyl (C=O) groups is 1. The van der Waals surface area contributed by atoms with Crippen LogP contribution in [0.2, 0.25) is 0 Å². The van der Waals surface area contributed by atoms with Gasteiger partial charge >= 0.3 is 5.97 Å². The Hall–Kier alpha value is -2.63. The summed E-state index contributed by atoms with van der Waals surface area (Å²) in [5.41, 5.74) is 6.38. The molecule has 0 fully saturated rings. The molecule has 0 unspecified atom stereocenters. The molecule has 0 saturated heterocycles. The molecule has 3 rings (SSSR count). The zero-order valence-corrected chi connectivity index (χ0v) is 12.2. The molecule has 0 amide bonds. The highest BCUT2D eigenvalue weighted by molar-refractivity contribution is 6.10. The first kappa shape index (κ1) is 14.3. The second-order valence-electron chi connectivity index (χ2n) is 5.14. The summed E-state index contributed by atoms with van der Waals surface area (Å²) in [5.74, 6) is 4.52. The predicted octanol–water partition coefficient (Wildman–Crippen LogP) is 2.51. The number of para-hydroxylation sites is 1. The number of hydrogen-bond acceptors (Lipinski definition) is 3. The van der Waals surface area contributed by atoms with Crippen molar-refractivity contribution < 1.29 is 9.90 Å². The van der Waals surface area contributed by atoms with E-state index >= 15 is 0 Å². The molecule has 0 aliphatic carbocycles. The number of nitrogens with one attached hydrogen (secondary N) is 1. The minimum atomic E-state index is -0.928. The van der Waals surface area contributed by atoms with Gasteiger partial charge < -0.3 is 9.67 Å². The molecule has 0 saturated carbocycles. The van der Waals surface area contributed by atoms with Gasteiger partial charge in [0.25, 0.3) is 0 Å². The summed E-state index contributed by atoms with van der Waals surface area (Å²) in [7, 11) is 1.89. The molecule has 0 atom stereocenters. The van der Waals surface area contributed by atoms with Crippen LogP contribution in [-0.2, 0) is 13.6 Å². The summed E-state index contributed by atoms with van der Waals surface area (Å²) < 4.78 is 1.92. The van der Waals surface area contributed by atoms with E-state index in [0.29, 0.717) is 17.8 Å². The summed E-state index contributed by atoms with van der Waals surface area (Å²) in [6, 6.07) is 15.2. The number of aryl methyl sites for hydroxylation is 1. The largest absolute Gasteiger partial charge is 0.478 e. The third-order valence-electron chi connectivity index (χ3n) is 3.89. The smallest absolute Gasteiger partial charge is 0.338 e. The molecule has 5 nitrogen and oxygen atoms in total. The molecule has 2 aromatic carbocycles. The fourth-order valence-electron chi connectivity index (χ4n) is 2.94. The molecule has 4 N–H and O–H groups in total. The van der Waals surface area contributed by atoms with Crippen LogP contribution in [-0.4, -0.2) is 15.6 Å². The van der Waals surface area contributed by atoms with Crippen molar-refractivity contribution in [2.24, 2.45) is 12.9 Å². The molecule has 112 valence electrons. The van der Waals surface area contributed by atoms with Gasteiger partial charge in [-0.3, -0.25) is 11.3 Å². The number of fused-ring (bicyclic) bond motifs is 1. The number of rotatable bonds is 4. The van der Waals surface area contributed by atoms with E-state index in [-0.39, 0.29) is 0 Å². The molecule has 0 aliphatic rings. The van der Waals surface area contributed by atoms with Crippen molar-refractivity contribution in [3.8, 4) is 11.3 Å². The van der Waals surface area contributed by atoms with Crippen molar-refractivity contribution in [2.45, 2.75) is 6.54 Å². The average Bonchev–Trinajstić information content (AvgIpc) is 2.82. The van der Waals surface area contributed by atoms with Gasteiger partial charge in [-0.1, -0.05) is 42.5 Å². The fraction of sp³-hybridized carbons (Fsp3) is 0.118. The van der Waals surface area contributed by atoms with Crippen molar-refractivity contribution in [1.82, 2.24) is 9.99 Å². The van der Waals surface area contributed by atoms with Crippen molar-refractivity contribution in [2.75, 3.05) is 0 Å². The molecule has 22 heavy (non-hydrogen) atoms. The van der Waals surface area contributed by atoms with Crippen molar-refractivity contribution in [3.05, 3.63) is 59.7 Å². The second kappa shape index (κ2) is 5.63. The van der Waals surface area contributed by atoms with Crippen molar-refractivity contribution in [1.29, 1.82) is 0 Å². The van der Waals surface area contributed by atoms with Gasteiger partial charge in [-0.2, -0.15) is 0 Å². The van der Waals surface area contributed by atoms with E-state index < -0.39 is 5.97 Å². The van der Waals surface area contributed by atoms with Crippen LogP contribution in [0.3, 0.4) is 0 Å². The van der Waals surface area contributed by atoms with Crippen LogP contribution in [0.5, 0.6) is 0 Å². The maximum absolute atomic E-state index is 11.8. The summed E-state index contributed by atoms with van der Waals surface area (Å²) in [5, 5.41) is 10.4. The fourth-order valence-corrected chi connectivity index (χ4v) is 2.94. The van der Waals surface area contributed by atoms with Gasteiger partial charge in [0.05, 0.1) is 11.3 Å². The van der Waals surface area contributed by atoms with E-state index in [9.17, 15) is 9.90 Å². The van der Waals surface area contributed by atoms with Gasteiger partial charge in [-0.05, 0) is 11.6 Å². The molecule has 5 heteroatoms. The van der Waals surface area contributed by atoms with Gasteiger partial charge in [-0.25, -0.2) is 4.79 Å². The van der Waals surface area contributed by atoms with Crippen LogP contribution in [0.1, 0.15) is 15.9 Å². The molecule has 0 bridgehead atoms. The molecule has 0 spiro atoms. The maximum Gasteiger partial charge on any atom is 0.338 e. The predicted molar refractivity (Wildman–Crippen MR) is 86.3 cm³/mol. The van der Waals surface area contributed by atoms with Crippen LogP contribution in [0.4, 0.5) is 0 Å². The molecular formula is C17H17N3O2. The topological polar surface area (TPSA) is 80.3 Å². The minimum absolute atomic E-state index is 0.322. The number of benzene rings is 2. The lowest BCUT2D eigenvalue weighted by atomic mass is 10.00. The van der Waals surface area contributed by atoms with Crippen molar-refractivity contribution >= 4 is 16.9 Å². The monoisotopic (exact) mass is 295 g/mol. The van der Waals surface area contributed by atoms with Gasteiger partial charge in [0.1, 0.15) is 0 Å². The van der Waals surface area contributed by atoms with Crippen LogP contribution in [0, 0.1) is 0 Å². The summed E-state index contributed by atoms with van der Waals surface area (Å²) in [4.78, 5) is 11.8. The lowest BCUT2D eigenvalue weighted by Crippen LogP contribution is -2.21. The van der Waals surface area contributed by atoms with Crippen LogP contribution < -0.4 is 11.3 Å². The Morgan fingerprint density at radius 2 is 1.86 bits per heavy atom. The van der Waals surface area contributed by atoms with E-state index in [4.69, 9.17) is 5.84 Å². The molecular weight excluding hydrogens is 278 g/mol. The maximum atomic E-state index is 11.8. The van der Waals surface area contributed by atoms with E-state index in [0.717, 1.165) is 22.0 Å². The van der Waals surface area contributed by atoms with Gasteiger partial charge in [0.15, 0.2) is 0 Å². The van der Waals surface area contributed by atoms with E-state index in [1.165, 1.54) is 0 Å². The highest BCUT2D eigenvalue weighted by Crippen LogP contribution is 2.34. The van der Waals surface area contributed by atoms with Gasteiger partial charge in [-0.15, -0.1) is 0 Å². The molecule has 0 aliphatic heterocycles. The number of carboxylic acid groups (broad SMARTS) is 1. The zero-order chi connectivity index (χ0) is 15.7. The average molecular weight is 295 g/mol. The van der Waals surface area contributed by atoms with Crippen LogP contribution >= 0.6 is 0 Å². The third-order valence-corrected chi connectivity index (χ3v) is 3.89. The number of hydrogen-bond donors (Lipinski definition) is 3. The number of hydrazine groups is 1. The second-order valence-corrected chi connectivity index (χ2v) is 5.14. The SMILES string of the molecule is Cn1c(-c2ccccc2CNN)c(C(=O)O)c2ccccc21. The summed E-state index contributed by atoms with van der Waals surface area (Å²) in [6.07, 6.45) is 0. The van der Waals surface area contributed by atoms with E-state index in [1.54, 1.807) is 0 Å². The number of nitrogens with zero attached hydrogens (tertiary/aromatic N) is 1. The first-order chi connectivity index (χ1) is 10.6. The van der Waals surface area contributed by atoms with E-state index in [2.05, 4.69) is 5.43 Å². The zero-order valence-electron chi connectivity index (χ0n) is 12.2. The number of nitrogens with two attached hydrogens (primary N) is 1. The summed E-state index contributed by atoms with van der Waals surface area (Å²) in [6.45, 7) is 0.469. The van der Waals surface area contributed by atoms with Gasteiger partial charge in [0.2, 0.25) is 0 Å². The number of aromatic carboxylic acids is 1. The highest BCUT2D eigenvalue weighted by Gasteiger charge is 2.22. The van der Waals surface area contributed by atoms with E-state index in [1.807, 2.05) is 60.1 Å². The number of carboxylic acids is 1. The molecule has 3 aromatic rings. The quantitative estimate of drug-likeness (QED) is 0.510. The van der Waals surface area contributed by atoms with Gasteiger partial charge in [0, 0.05) is 30.1 Å². The Kier molecular flexibility index (Phi) is 3.66. The first-order valence-corrected chi connectivity index (χ1v) is 6.97. The first-order valence-electron chi connectivity index (χ1n) is 6.97. The third kappa shape index (κ3) is 2.16. The summed E-state index contributed by atoms with van der Waals surface area (Å²) >= 11 is 0. The Morgan fingerprint density at radius 3 is 2.59 bits per heavy atom.